The highest BCUT2D eigenvalue weighted by Gasteiger charge is 2.23. The fourth-order valence-electron chi connectivity index (χ4n) is 3.37. The molecule has 0 N–H and O–H groups in total. The third kappa shape index (κ3) is 5.71. The number of piperidine rings is 1. The normalized spacial score (nSPS) is 17.5. The van der Waals surface area contributed by atoms with Crippen LogP contribution in [0.1, 0.15) is 25.3 Å². The molecular formula is C19H33N3. The molecule has 0 bridgehead atoms. The highest BCUT2D eigenvalue weighted by atomic mass is 15.2. The molecule has 1 aromatic rings. The average molecular weight is 303 g/mol. The van der Waals surface area contributed by atoms with Gasteiger partial charge in [0.15, 0.2) is 0 Å². The molecule has 22 heavy (non-hydrogen) atoms. The largest absolute Gasteiger partial charge is 0.308 e. The molecule has 1 fully saturated rings. The van der Waals surface area contributed by atoms with Crippen molar-refractivity contribution < 1.29 is 0 Å². The second-order valence-corrected chi connectivity index (χ2v) is 6.74. The Balaban J connectivity index is 1.70. The Morgan fingerprint density at radius 2 is 1.73 bits per heavy atom. The number of hydrogen-bond acceptors (Lipinski definition) is 3. The Morgan fingerprint density at radius 1 is 1.05 bits per heavy atom. The van der Waals surface area contributed by atoms with Crippen LogP contribution in [0.25, 0.3) is 0 Å². The summed E-state index contributed by atoms with van der Waals surface area (Å²) in [5, 5.41) is 0. The van der Waals surface area contributed by atoms with Gasteiger partial charge in [-0.1, -0.05) is 37.3 Å². The SMILES string of the molecule is CCN(CCN(C)C)C1CCN(CCc2ccccc2)CC1. The number of likely N-dealkylation sites (tertiary alicyclic amines) is 1. The molecule has 0 amide bonds. The molecule has 2 rings (SSSR count). The first-order chi connectivity index (χ1) is 10.7. The number of hydrogen-bond donors (Lipinski definition) is 0. The summed E-state index contributed by atoms with van der Waals surface area (Å²) in [4.78, 5) is 7.61. The third-order valence-corrected chi connectivity index (χ3v) is 4.87. The topological polar surface area (TPSA) is 9.72 Å². The van der Waals surface area contributed by atoms with Crippen molar-refractivity contribution in [3.63, 3.8) is 0 Å². The van der Waals surface area contributed by atoms with Gasteiger partial charge in [-0.2, -0.15) is 0 Å². The van der Waals surface area contributed by atoms with Crippen molar-refractivity contribution in [2.24, 2.45) is 0 Å². The van der Waals surface area contributed by atoms with Gasteiger partial charge in [0.05, 0.1) is 0 Å². The van der Waals surface area contributed by atoms with Gasteiger partial charge in [-0.15, -0.1) is 0 Å². The van der Waals surface area contributed by atoms with Crippen molar-refractivity contribution in [1.82, 2.24) is 14.7 Å². The van der Waals surface area contributed by atoms with Crippen LogP contribution in [-0.4, -0.2) is 74.1 Å². The molecule has 1 saturated heterocycles. The molecule has 124 valence electrons. The molecule has 0 spiro atoms. The van der Waals surface area contributed by atoms with Crippen LogP contribution in [0.2, 0.25) is 0 Å². The molecule has 1 heterocycles. The van der Waals surface area contributed by atoms with E-state index < -0.39 is 0 Å². The average Bonchev–Trinajstić information content (AvgIpc) is 2.55. The number of nitrogens with zero attached hydrogens (tertiary/aromatic N) is 3. The van der Waals surface area contributed by atoms with Crippen LogP contribution in [0.15, 0.2) is 30.3 Å². The predicted octanol–water partition coefficient (Wildman–Crippen LogP) is 2.58. The number of benzene rings is 1. The minimum Gasteiger partial charge on any atom is -0.308 e. The van der Waals surface area contributed by atoms with Crippen LogP contribution >= 0.6 is 0 Å². The van der Waals surface area contributed by atoms with Gasteiger partial charge in [0.1, 0.15) is 0 Å². The zero-order valence-corrected chi connectivity index (χ0v) is 14.7. The molecule has 0 atom stereocenters. The van der Waals surface area contributed by atoms with Gasteiger partial charge >= 0.3 is 0 Å². The second kappa shape index (κ2) is 9.29. The number of likely N-dealkylation sites (N-methyl/N-ethyl adjacent to an activating group) is 2. The molecule has 0 unspecified atom stereocenters. The fourth-order valence-corrected chi connectivity index (χ4v) is 3.37. The van der Waals surface area contributed by atoms with Crippen molar-refractivity contribution in [2.75, 3.05) is 53.4 Å². The van der Waals surface area contributed by atoms with Gasteiger partial charge in [0, 0.05) is 25.7 Å². The summed E-state index contributed by atoms with van der Waals surface area (Å²) in [5.41, 5.74) is 1.46. The molecule has 3 heteroatoms. The van der Waals surface area contributed by atoms with Crippen molar-refractivity contribution >= 4 is 0 Å². The maximum absolute atomic E-state index is 2.68. The summed E-state index contributed by atoms with van der Waals surface area (Å²) in [6.07, 6.45) is 3.84. The Bertz CT molecular complexity index is 396. The highest BCUT2D eigenvalue weighted by molar-refractivity contribution is 5.14. The summed E-state index contributed by atoms with van der Waals surface area (Å²) in [6.45, 7) is 9.59. The zero-order chi connectivity index (χ0) is 15.8. The summed E-state index contributed by atoms with van der Waals surface area (Å²) in [6, 6.07) is 11.7. The first-order valence-electron chi connectivity index (χ1n) is 8.84. The van der Waals surface area contributed by atoms with Crippen LogP contribution < -0.4 is 0 Å². The fraction of sp³-hybridized carbons (Fsp3) is 0.684. The minimum absolute atomic E-state index is 0.790. The molecule has 1 aliphatic heterocycles. The minimum atomic E-state index is 0.790. The van der Waals surface area contributed by atoms with E-state index in [1.165, 1.54) is 64.1 Å². The molecular weight excluding hydrogens is 270 g/mol. The van der Waals surface area contributed by atoms with Crippen molar-refractivity contribution in [1.29, 1.82) is 0 Å². The van der Waals surface area contributed by atoms with Gasteiger partial charge in [0.2, 0.25) is 0 Å². The molecule has 3 nitrogen and oxygen atoms in total. The lowest BCUT2D eigenvalue weighted by molar-refractivity contribution is 0.107. The maximum atomic E-state index is 2.68. The summed E-state index contributed by atoms with van der Waals surface area (Å²) in [5.74, 6) is 0. The van der Waals surface area contributed by atoms with E-state index in [1.54, 1.807) is 0 Å². The molecule has 0 radical (unpaired) electrons. The van der Waals surface area contributed by atoms with Gasteiger partial charge in [-0.3, -0.25) is 4.90 Å². The standard InChI is InChI=1S/C19H33N3/c1-4-22(17-16-20(2)3)19-11-14-21(15-12-19)13-10-18-8-6-5-7-9-18/h5-9,19H,4,10-17H2,1-3H3. The lowest BCUT2D eigenvalue weighted by atomic mass is 10.0. The van der Waals surface area contributed by atoms with E-state index >= 15 is 0 Å². The maximum Gasteiger partial charge on any atom is 0.0120 e. The van der Waals surface area contributed by atoms with Gasteiger partial charge in [0.25, 0.3) is 0 Å². The third-order valence-electron chi connectivity index (χ3n) is 4.87. The lowest BCUT2D eigenvalue weighted by Gasteiger charge is -2.38. The van der Waals surface area contributed by atoms with Gasteiger partial charge in [-0.05, 0) is 58.6 Å². The van der Waals surface area contributed by atoms with Crippen LogP contribution in [0.4, 0.5) is 0 Å². The Hall–Kier alpha value is -0.900. The predicted molar refractivity (Wildman–Crippen MR) is 95.4 cm³/mol. The highest BCUT2D eigenvalue weighted by Crippen LogP contribution is 2.17. The molecule has 1 aromatic carbocycles. The summed E-state index contributed by atoms with van der Waals surface area (Å²) < 4.78 is 0. The van der Waals surface area contributed by atoms with Crippen LogP contribution in [-0.2, 0) is 6.42 Å². The second-order valence-electron chi connectivity index (χ2n) is 6.74. The van der Waals surface area contributed by atoms with Crippen molar-refractivity contribution in [3.8, 4) is 0 Å². The zero-order valence-electron chi connectivity index (χ0n) is 14.7. The Kier molecular flexibility index (Phi) is 7.37. The first kappa shape index (κ1) is 17.5. The van der Waals surface area contributed by atoms with E-state index in [-0.39, 0.29) is 0 Å². The van der Waals surface area contributed by atoms with Crippen molar-refractivity contribution in [2.45, 2.75) is 32.2 Å². The molecule has 0 aromatic heterocycles. The van der Waals surface area contributed by atoms with E-state index in [0.717, 1.165) is 6.04 Å². The first-order valence-corrected chi connectivity index (χ1v) is 8.84. The Morgan fingerprint density at radius 3 is 2.32 bits per heavy atom. The Labute approximate surface area is 136 Å². The van der Waals surface area contributed by atoms with Gasteiger partial charge in [-0.25, -0.2) is 0 Å². The van der Waals surface area contributed by atoms with Crippen molar-refractivity contribution in [3.05, 3.63) is 35.9 Å². The molecule has 0 aliphatic carbocycles. The summed E-state index contributed by atoms with van der Waals surface area (Å²) in [7, 11) is 4.33. The smallest absolute Gasteiger partial charge is 0.0120 e. The molecule has 0 saturated carbocycles. The lowest BCUT2D eigenvalue weighted by Crippen LogP contribution is -2.47. The monoisotopic (exact) mass is 303 g/mol. The van der Waals surface area contributed by atoms with E-state index in [2.05, 4.69) is 66.1 Å². The van der Waals surface area contributed by atoms with E-state index in [9.17, 15) is 0 Å². The van der Waals surface area contributed by atoms with Gasteiger partial charge < -0.3 is 9.80 Å². The van der Waals surface area contributed by atoms with E-state index in [4.69, 9.17) is 0 Å². The van der Waals surface area contributed by atoms with Crippen LogP contribution in [0.3, 0.4) is 0 Å². The van der Waals surface area contributed by atoms with E-state index in [1.807, 2.05) is 0 Å². The summed E-state index contributed by atoms with van der Waals surface area (Å²) >= 11 is 0. The van der Waals surface area contributed by atoms with Crippen LogP contribution in [0.5, 0.6) is 0 Å². The number of rotatable bonds is 8. The molecule has 1 aliphatic rings. The van der Waals surface area contributed by atoms with Crippen LogP contribution in [0, 0.1) is 0 Å². The quantitative estimate of drug-likeness (QED) is 0.731. The van der Waals surface area contributed by atoms with E-state index in [0.29, 0.717) is 0 Å².